The van der Waals surface area contributed by atoms with Gasteiger partial charge in [-0.2, -0.15) is 10.1 Å². The molecule has 0 saturated heterocycles. The molecule has 7 nitrogen and oxygen atoms in total. The Morgan fingerprint density at radius 3 is 2.56 bits per heavy atom. The molecule has 0 radical (unpaired) electrons. The van der Waals surface area contributed by atoms with Crippen LogP contribution in [-0.2, 0) is 11.8 Å². The van der Waals surface area contributed by atoms with Crippen LogP contribution >= 0.6 is 0 Å². The van der Waals surface area contributed by atoms with Gasteiger partial charge in [0.15, 0.2) is 5.65 Å². The van der Waals surface area contributed by atoms with Crippen LogP contribution in [0.2, 0.25) is 0 Å². The smallest absolute Gasteiger partial charge is 0.225 e. The second-order valence-electron chi connectivity index (χ2n) is 6.30. The molecule has 25 heavy (non-hydrogen) atoms. The summed E-state index contributed by atoms with van der Waals surface area (Å²) < 4.78 is 6.70. The van der Waals surface area contributed by atoms with E-state index in [2.05, 4.69) is 58.5 Å². The van der Waals surface area contributed by atoms with E-state index in [1.807, 2.05) is 0 Å². The molecule has 0 unspecified atom stereocenters. The highest BCUT2D eigenvalue weighted by Crippen LogP contribution is 2.31. The fraction of sp³-hybridized carbons (Fsp3) is 0.389. The number of aryl methyl sites for hydroxylation is 1. The molecule has 3 aromatic rings. The average molecular weight is 340 g/mol. The number of nitrogens with two attached hydrogens (primary N) is 1. The lowest BCUT2D eigenvalue weighted by Crippen LogP contribution is -2.10. The van der Waals surface area contributed by atoms with Gasteiger partial charge in [-0.05, 0) is 11.5 Å². The van der Waals surface area contributed by atoms with Crippen molar-refractivity contribution < 1.29 is 4.74 Å². The Labute approximate surface area is 147 Å². The number of benzene rings is 1. The minimum Gasteiger partial charge on any atom is -0.383 e. The summed E-state index contributed by atoms with van der Waals surface area (Å²) >= 11 is 0. The van der Waals surface area contributed by atoms with Gasteiger partial charge in [-0.25, -0.2) is 4.98 Å². The number of rotatable bonds is 6. The van der Waals surface area contributed by atoms with Gasteiger partial charge in [0.2, 0.25) is 5.95 Å². The number of methoxy groups -OCH3 is 1. The Kier molecular flexibility index (Phi) is 4.85. The first-order valence-electron chi connectivity index (χ1n) is 8.34. The molecule has 0 bridgehead atoms. The summed E-state index contributed by atoms with van der Waals surface area (Å²) in [6.45, 7) is 5.55. The van der Waals surface area contributed by atoms with E-state index < -0.39 is 0 Å². The number of hydrogen-bond acceptors (Lipinski definition) is 6. The first kappa shape index (κ1) is 17.2. The fourth-order valence-corrected chi connectivity index (χ4v) is 2.69. The summed E-state index contributed by atoms with van der Waals surface area (Å²) in [7, 11) is 3.47. The highest BCUT2D eigenvalue weighted by atomic mass is 16.5. The van der Waals surface area contributed by atoms with E-state index in [-0.39, 0.29) is 0 Å². The maximum Gasteiger partial charge on any atom is 0.225 e. The minimum atomic E-state index is 0.481. The molecule has 1 aromatic carbocycles. The van der Waals surface area contributed by atoms with Crippen LogP contribution in [0.15, 0.2) is 24.3 Å². The Morgan fingerprint density at radius 1 is 1.20 bits per heavy atom. The zero-order chi connectivity index (χ0) is 18.0. The van der Waals surface area contributed by atoms with E-state index in [1.54, 1.807) is 18.8 Å². The third-order valence-corrected chi connectivity index (χ3v) is 4.18. The standard InChI is InChI=1S/C18H24N6O/c1-11(2)12-5-7-13(8-6-12)15-14-16(19)24(3)23-17(14)22-18(21-15)20-9-10-25-4/h5-8,11H,9-10,19H2,1-4H3,(H,20,22,23). The third kappa shape index (κ3) is 3.41. The monoisotopic (exact) mass is 340 g/mol. The zero-order valence-corrected chi connectivity index (χ0v) is 15.1. The number of nitrogens with one attached hydrogen (secondary N) is 1. The van der Waals surface area contributed by atoms with Gasteiger partial charge in [0, 0.05) is 26.3 Å². The van der Waals surface area contributed by atoms with Crippen molar-refractivity contribution >= 4 is 22.8 Å². The van der Waals surface area contributed by atoms with Crippen molar-refractivity contribution in [3.05, 3.63) is 29.8 Å². The highest BCUT2D eigenvalue weighted by molar-refractivity contribution is 5.98. The summed E-state index contributed by atoms with van der Waals surface area (Å²) in [5.41, 5.74) is 9.85. The van der Waals surface area contributed by atoms with Crippen LogP contribution < -0.4 is 11.1 Å². The molecular weight excluding hydrogens is 316 g/mol. The number of anilines is 2. The van der Waals surface area contributed by atoms with Crippen LogP contribution in [0, 0.1) is 0 Å². The van der Waals surface area contributed by atoms with Gasteiger partial charge in [0.25, 0.3) is 0 Å². The molecule has 3 N–H and O–H groups in total. The molecule has 0 aliphatic rings. The number of ether oxygens (including phenoxy) is 1. The number of nitrogen functional groups attached to an aromatic ring is 1. The predicted molar refractivity (Wildman–Crippen MR) is 101 cm³/mol. The molecule has 0 atom stereocenters. The van der Waals surface area contributed by atoms with Crippen LogP contribution in [0.4, 0.5) is 11.8 Å². The molecule has 3 rings (SSSR count). The van der Waals surface area contributed by atoms with Crippen LogP contribution in [0.25, 0.3) is 22.3 Å². The van der Waals surface area contributed by atoms with Crippen molar-refractivity contribution in [1.29, 1.82) is 0 Å². The maximum atomic E-state index is 6.21. The van der Waals surface area contributed by atoms with E-state index in [9.17, 15) is 0 Å². The molecular formula is C18H24N6O. The summed E-state index contributed by atoms with van der Waals surface area (Å²) in [4.78, 5) is 9.15. The molecule has 7 heteroatoms. The first-order valence-corrected chi connectivity index (χ1v) is 8.34. The first-order chi connectivity index (χ1) is 12.0. The van der Waals surface area contributed by atoms with Gasteiger partial charge < -0.3 is 15.8 Å². The molecule has 2 heterocycles. The van der Waals surface area contributed by atoms with Crippen LogP contribution in [0.3, 0.4) is 0 Å². The predicted octanol–water partition coefficient (Wildman–Crippen LogP) is 2.79. The number of hydrogen-bond donors (Lipinski definition) is 2. The van der Waals surface area contributed by atoms with Gasteiger partial charge in [-0.1, -0.05) is 38.1 Å². The molecule has 0 fully saturated rings. The molecule has 0 aliphatic carbocycles. The summed E-state index contributed by atoms with van der Waals surface area (Å²) in [6.07, 6.45) is 0. The lowest BCUT2D eigenvalue weighted by molar-refractivity contribution is 0.210. The van der Waals surface area contributed by atoms with Gasteiger partial charge in [0.05, 0.1) is 17.7 Å². The zero-order valence-electron chi connectivity index (χ0n) is 15.1. The van der Waals surface area contributed by atoms with E-state index >= 15 is 0 Å². The topological polar surface area (TPSA) is 90.9 Å². The Balaban J connectivity index is 2.10. The summed E-state index contributed by atoms with van der Waals surface area (Å²) in [5, 5.41) is 8.35. The van der Waals surface area contributed by atoms with Crippen molar-refractivity contribution in [2.75, 3.05) is 31.3 Å². The van der Waals surface area contributed by atoms with Crippen LogP contribution in [0.1, 0.15) is 25.3 Å². The van der Waals surface area contributed by atoms with Crippen LogP contribution in [0.5, 0.6) is 0 Å². The highest BCUT2D eigenvalue weighted by Gasteiger charge is 2.17. The Bertz CT molecular complexity index is 869. The van der Waals surface area contributed by atoms with Gasteiger partial charge in [0.1, 0.15) is 5.82 Å². The SMILES string of the molecule is COCCNc1nc(-c2ccc(C(C)C)cc2)c2c(N)n(C)nc2n1. The van der Waals surface area contributed by atoms with E-state index in [0.29, 0.717) is 36.5 Å². The van der Waals surface area contributed by atoms with Gasteiger partial charge >= 0.3 is 0 Å². The quantitative estimate of drug-likeness (QED) is 0.671. The van der Waals surface area contributed by atoms with E-state index in [4.69, 9.17) is 10.5 Å². The van der Waals surface area contributed by atoms with Crippen molar-refractivity contribution in [3.8, 4) is 11.3 Å². The lowest BCUT2D eigenvalue weighted by atomic mass is 10.00. The second kappa shape index (κ2) is 7.06. The second-order valence-corrected chi connectivity index (χ2v) is 6.30. The van der Waals surface area contributed by atoms with Crippen molar-refractivity contribution in [1.82, 2.24) is 19.7 Å². The maximum absolute atomic E-state index is 6.21. The van der Waals surface area contributed by atoms with Gasteiger partial charge in [-0.3, -0.25) is 4.68 Å². The van der Waals surface area contributed by atoms with Crippen molar-refractivity contribution in [2.45, 2.75) is 19.8 Å². The fourth-order valence-electron chi connectivity index (χ4n) is 2.69. The van der Waals surface area contributed by atoms with Crippen molar-refractivity contribution in [2.24, 2.45) is 7.05 Å². The Morgan fingerprint density at radius 2 is 1.92 bits per heavy atom. The molecule has 0 aliphatic heterocycles. The molecule has 0 amide bonds. The number of nitrogens with zero attached hydrogens (tertiary/aromatic N) is 4. The Hall–Kier alpha value is -2.67. The van der Waals surface area contributed by atoms with Crippen LogP contribution in [-0.4, -0.2) is 40.0 Å². The van der Waals surface area contributed by atoms with E-state index in [0.717, 1.165) is 16.6 Å². The average Bonchev–Trinajstić information content (AvgIpc) is 2.89. The summed E-state index contributed by atoms with van der Waals surface area (Å²) in [5.74, 6) is 1.56. The largest absolute Gasteiger partial charge is 0.383 e. The molecule has 2 aromatic heterocycles. The molecule has 0 spiro atoms. The van der Waals surface area contributed by atoms with Gasteiger partial charge in [-0.15, -0.1) is 0 Å². The number of aromatic nitrogens is 4. The normalized spacial score (nSPS) is 11.4. The van der Waals surface area contributed by atoms with E-state index in [1.165, 1.54) is 5.56 Å². The number of fused-ring (bicyclic) bond motifs is 1. The van der Waals surface area contributed by atoms with Crippen molar-refractivity contribution in [3.63, 3.8) is 0 Å². The third-order valence-electron chi connectivity index (χ3n) is 4.18. The molecule has 132 valence electrons. The minimum absolute atomic E-state index is 0.481. The molecule has 0 saturated carbocycles. The lowest BCUT2D eigenvalue weighted by Gasteiger charge is -2.10. The summed E-state index contributed by atoms with van der Waals surface area (Å²) in [6, 6.07) is 8.39.